The van der Waals surface area contributed by atoms with Crippen molar-refractivity contribution in [3.05, 3.63) is 35.4 Å². The average Bonchev–Trinajstić information content (AvgIpc) is 2.85. The molecule has 19 heavy (non-hydrogen) atoms. The van der Waals surface area contributed by atoms with Crippen LogP contribution in [0.5, 0.6) is 0 Å². The van der Waals surface area contributed by atoms with Gasteiger partial charge in [0.1, 0.15) is 0 Å². The normalized spacial score (nSPS) is 22.9. The fourth-order valence-corrected chi connectivity index (χ4v) is 3.04. The quantitative estimate of drug-likeness (QED) is 0.903. The second kappa shape index (κ2) is 6.18. The Labute approximate surface area is 115 Å². The van der Waals surface area contributed by atoms with Gasteiger partial charge in [0.2, 0.25) is 0 Å². The van der Waals surface area contributed by atoms with Gasteiger partial charge >= 0.3 is 0 Å². The number of benzene rings is 1. The highest BCUT2D eigenvalue weighted by molar-refractivity contribution is 5.32. The number of rotatable bonds is 4. The van der Waals surface area contributed by atoms with Gasteiger partial charge in [-0.2, -0.15) is 5.26 Å². The molecule has 1 aromatic rings. The van der Waals surface area contributed by atoms with E-state index >= 15 is 0 Å². The third-order valence-electron chi connectivity index (χ3n) is 4.06. The summed E-state index contributed by atoms with van der Waals surface area (Å²) in [4.78, 5) is 2.48. The molecule has 1 aliphatic rings. The summed E-state index contributed by atoms with van der Waals surface area (Å²) in [5.41, 5.74) is 1.95. The molecule has 1 fully saturated rings. The Hall–Kier alpha value is -1.37. The van der Waals surface area contributed by atoms with E-state index in [4.69, 9.17) is 5.26 Å². The molecule has 1 aliphatic heterocycles. The van der Waals surface area contributed by atoms with Crippen LogP contribution in [0, 0.1) is 11.3 Å². The smallest absolute Gasteiger partial charge is 0.0991 e. The highest BCUT2D eigenvalue weighted by atomic mass is 16.3. The van der Waals surface area contributed by atoms with Gasteiger partial charge in [0.05, 0.1) is 17.7 Å². The van der Waals surface area contributed by atoms with E-state index in [1.54, 1.807) is 0 Å². The number of hydrogen-bond donors (Lipinski definition) is 1. The lowest BCUT2D eigenvalue weighted by Gasteiger charge is -2.31. The summed E-state index contributed by atoms with van der Waals surface area (Å²) >= 11 is 0. The molecule has 1 aromatic carbocycles. The first-order valence-electron chi connectivity index (χ1n) is 7.05. The van der Waals surface area contributed by atoms with Crippen molar-refractivity contribution in [3.63, 3.8) is 0 Å². The molecule has 0 aromatic heterocycles. The monoisotopic (exact) mass is 258 g/mol. The minimum absolute atomic E-state index is 0.237. The third kappa shape index (κ3) is 3.34. The van der Waals surface area contributed by atoms with Gasteiger partial charge < -0.3 is 5.11 Å². The van der Waals surface area contributed by atoms with E-state index < -0.39 is 0 Å². The molecular formula is C16H22N2O. The van der Waals surface area contributed by atoms with Gasteiger partial charge in [-0.15, -0.1) is 0 Å². The van der Waals surface area contributed by atoms with Crippen LogP contribution in [0.15, 0.2) is 24.3 Å². The SMILES string of the molecule is CC(O)CC1CCCN1C(C)c1ccc(C#N)cc1. The molecule has 3 nitrogen and oxygen atoms in total. The number of aliphatic hydroxyl groups excluding tert-OH is 1. The molecule has 3 heteroatoms. The Balaban J connectivity index is 2.09. The molecule has 3 unspecified atom stereocenters. The first-order chi connectivity index (χ1) is 9.11. The van der Waals surface area contributed by atoms with Crippen LogP contribution in [0.4, 0.5) is 0 Å². The maximum atomic E-state index is 9.59. The maximum Gasteiger partial charge on any atom is 0.0991 e. The number of likely N-dealkylation sites (tertiary alicyclic amines) is 1. The molecular weight excluding hydrogens is 236 g/mol. The van der Waals surface area contributed by atoms with Crippen molar-refractivity contribution in [3.8, 4) is 6.07 Å². The summed E-state index contributed by atoms with van der Waals surface area (Å²) in [7, 11) is 0. The van der Waals surface area contributed by atoms with Gasteiger partial charge in [-0.05, 0) is 57.4 Å². The van der Waals surface area contributed by atoms with Crippen LogP contribution in [0.3, 0.4) is 0 Å². The van der Waals surface area contributed by atoms with Gasteiger partial charge in [-0.1, -0.05) is 12.1 Å². The first-order valence-corrected chi connectivity index (χ1v) is 7.05. The van der Waals surface area contributed by atoms with Crippen molar-refractivity contribution < 1.29 is 5.11 Å². The number of nitriles is 1. The summed E-state index contributed by atoms with van der Waals surface area (Å²) in [6.07, 6.45) is 2.99. The van der Waals surface area contributed by atoms with Crippen LogP contribution in [-0.2, 0) is 0 Å². The zero-order valence-electron chi connectivity index (χ0n) is 11.7. The largest absolute Gasteiger partial charge is 0.393 e. The fraction of sp³-hybridized carbons (Fsp3) is 0.562. The minimum Gasteiger partial charge on any atom is -0.393 e. The van der Waals surface area contributed by atoms with Crippen molar-refractivity contribution in [2.24, 2.45) is 0 Å². The summed E-state index contributed by atoms with van der Waals surface area (Å²) in [6.45, 7) is 5.17. The van der Waals surface area contributed by atoms with Crippen LogP contribution >= 0.6 is 0 Å². The van der Waals surface area contributed by atoms with E-state index in [0.717, 1.165) is 13.0 Å². The van der Waals surface area contributed by atoms with Gasteiger partial charge in [0, 0.05) is 12.1 Å². The highest BCUT2D eigenvalue weighted by Crippen LogP contribution is 2.31. The summed E-state index contributed by atoms with van der Waals surface area (Å²) in [6, 6.07) is 10.8. The van der Waals surface area contributed by atoms with E-state index in [9.17, 15) is 5.11 Å². The topological polar surface area (TPSA) is 47.3 Å². The molecule has 1 saturated heterocycles. The Morgan fingerprint density at radius 1 is 1.37 bits per heavy atom. The molecule has 0 bridgehead atoms. The second-order valence-electron chi connectivity index (χ2n) is 5.53. The summed E-state index contributed by atoms with van der Waals surface area (Å²) in [5.74, 6) is 0. The predicted molar refractivity (Wildman–Crippen MR) is 75.6 cm³/mol. The van der Waals surface area contributed by atoms with Crippen LogP contribution in [0.1, 0.15) is 50.3 Å². The summed E-state index contributed by atoms with van der Waals surface area (Å²) in [5, 5.41) is 18.4. The minimum atomic E-state index is -0.237. The number of hydrogen-bond acceptors (Lipinski definition) is 3. The highest BCUT2D eigenvalue weighted by Gasteiger charge is 2.29. The van der Waals surface area contributed by atoms with Crippen molar-refractivity contribution in [2.45, 2.75) is 51.3 Å². The number of aliphatic hydroxyl groups is 1. The van der Waals surface area contributed by atoms with E-state index in [1.807, 2.05) is 31.2 Å². The Kier molecular flexibility index (Phi) is 4.57. The van der Waals surface area contributed by atoms with Gasteiger partial charge in [0.25, 0.3) is 0 Å². The molecule has 2 rings (SSSR count). The predicted octanol–water partition coefficient (Wildman–Crippen LogP) is 2.85. The Morgan fingerprint density at radius 3 is 2.63 bits per heavy atom. The van der Waals surface area contributed by atoms with Crippen LogP contribution in [0.2, 0.25) is 0 Å². The molecule has 0 aliphatic carbocycles. The lowest BCUT2D eigenvalue weighted by atomic mass is 10.0. The molecule has 0 amide bonds. The lowest BCUT2D eigenvalue weighted by molar-refractivity contribution is 0.114. The third-order valence-corrected chi connectivity index (χ3v) is 4.06. The average molecular weight is 258 g/mol. The zero-order chi connectivity index (χ0) is 13.8. The van der Waals surface area contributed by atoms with Crippen molar-refractivity contribution in [1.29, 1.82) is 5.26 Å². The second-order valence-corrected chi connectivity index (χ2v) is 5.53. The molecule has 0 saturated carbocycles. The van der Waals surface area contributed by atoms with Crippen molar-refractivity contribution in [2.75, 3.05) is 6.54 Å². The number of nitrogens with zero attached hydrogens (tertiary/aromatic N) is 2. The summed E-state index contributed by atoms with van der Waals surface area (Å²) < 4.78 is 0. The van der Waals surface area contributed by atoms with Crippen LogP contribution in [0.25, 0.3) is 0 Å². The molecule has 0 radical (unpaired) electrons. The Morgan fingerprint density at radius 2 is 2.05 bits per heavy atom. The lowest BCUT2D eigenvalue weighted by Crippen LogP contribution is -2.34. The molecule has 1 N–H and O–H groups in total. The van der Waals surface area contributed by atoms with E-state index in [-0.39, 0.29) is 6.10 Å². The van der Waals surface area contributed by atoms with E-state index in [0.29, 0.717) is 17.6 Å². The standard InChI is InChI=1S/C16H22N2O/c1-12(19)10-16-4-3-9-18(16)13(2)15-7-5-14(11-17)6-8-15/h5-8,12-13,16,19H,3-4,9-10H2,1-2H3. The van der Waals surface area contributed by atoms with E-state index in [2.05, 4.69) is 17.9 Å². The van der Waals surface area contributed by atoms with Gasteiger partial charge in [-0.25, -0.2) is 0 Å². The molecule has 1 heterocycles. The fourth-order valence-electron chi connectivity index (χ4n) is 3.04. The van der Waals surface area contributed by atoms with Gasteiger partial charge in [0.15, 0.2) is 0 Å². The molecule has 0 spiro atoms. The van der Waals surface area contributed by atoms with Crippen molar-refractivity contribution in [1.82, 2.24) is 4.90 Å². The van der Waals surface area contributed by atoms with Crippen LogP contribution in [-0.4, -0.2) is 28.7 Å². The molecule has 3 atom stereocenters. The molecule has 102 valence electrons. The Bertz CT molecular complexity index is 447. The van der Waals surface area contributed by atoms with Gasteiger partial charge in [-0.3, -0.25) is 4.90 Å². The first kappa shape index (κ1) is 14.0. The van der Waals surface area contributed by atoms with Crippen LogP contribution < -0.4 is 0 Å². The zero-order valence-corrected chi connectivity index (χ0v) is 11.7. The van der Waals surface area contributed by atoms with E-state index in [1.165, 1.54) is 18.4 Å². The maximum absolute atomic E-state index is 9.59. The van der Waals surface area contributed by atoms with Crippen molar-refractivity contribution >= 4 is 0 Å².